The van der Waals surface area contributed by atoms with Crippen molar-refractivity contribution in [2.75, 3.05) is 6.54 Å². The molecule has 29 heavy (non-hydrogen) atoms. The zero-order valence-electron chi connectivity index (χ0n) is 17.1. The standard InChI is InChI=1S/C23H26FN3O2/c1-4-9-21(28)26(6-3)20(5-2)22-25-19-11-8-7-10-18(19)23(29)27(22)17-14-12-16(24)13-15-17/h7-8,10-15,20H,4-6,9H2,1-3H3. The van der Waals surface area contributed by atoms with E-state index in [1.165, 1.54) is 16.7 Å². The fourth-order valence-electron chi connectivity index (χ4n) is 3.68. The molecule has 0 aliphatic rings. The van der Waals surface area contributed by atoms with Crippen LogP contribution in [0.15, 0.2) is 53.3 Å². The Morgan fingerprint density at radius 1 is 1.10 bits per heavy atom. The number of aromatic nitrogens is 2. The van der Waals surface area contributed by atoms with E-state index in [9.17, 15) is 14.0 Å². The molecule has 5 nitrogen and oxygen atoms in total. The Morgan fingerprint density at radius 2 is 1.79 bits per heavy atom. The fraction of sp³-hybridized carbons (Fsp3) is 0.348. The van der Waals surface area contributed by atoms with Gasteiger partial charge < -0.3 is 4.90 Å². The molecule has 3 rings (SSSR count). The van der Waals surface area contributed by atoms with Crippen LogP contribution >= 0.6 is 0 Å². The van der Waals surface area contributed by atoms with Crippen LogP contribution < -0.4 is 5.56 Å². The Labute approximate surface area is 169 Å². The smallest absolute Gasteiger partial charge is 0.266 e. The summed E-state index contributed by atoms with van der Waals surface area (Å²) in [7, 11) is 0. The van der Waals surface area contributed by atoms with Crippen molar-refractivity contribution < 1.29 is 9.18 Å². The van der Waals surface area contributed by atoms with Crippen molar-refractivity contribution in [2.45, 2.75) is 46.1 Å². The van der Waals surface area contributed by atoms with Crippen molar-refractivity contribution in [3.63, 3.8) is 0 Å². The normalized spacial score (nSPS) is 12.1. The van der Waals surface area contributed by atoms with Gasteiger partial charge in [-0.3, -0.25) is 14.2 Å². The molecule has 152 valence electrons. The van der Waals surface area contributed by atoms with Gasteiger partial charge in [0.05, 0.1) is 22.6 Å². The van der Waals surface area contributed by atoms with Crippen LogP contribution in [0.3, 0.4) is 0 Å². The SMILES string of the molecule is CCCC(=O)N(CC)C(CC)c1nc2ccccc2c(=O)n1-c1ccc(F)cc1. The molecule has 1 heterocycles. The highest BCUT2D eigenvalue weighted by Gasteiger charge is 2.27. The molecule has 0 aliphatic heterocycles. The van der Waals surface area contributed by atoms with Crippen LogP contribution in [0.25, 0.3) is 16.6 Å². The van der Waals surface area contributed by atoms with E-state index in [-0.39, 0.29) is 23.3 Å². The quantitative estimate of drug-likeness (QED) is 0.586. The van der Waals surface area contributed by atoms with Crippen LogP contribution in [-0.2, 0) is 4.79 Å². The summed E-state index contributed by atoms with van der Waals surface area (Å²) in [5, 5.41) is 0.485. The van der Waals surface area contributed by atoms with E-state index >= 15 is 0 Å². The minimum Gasteiger partial charge on any atom is -0.333 e. The molecule has 0 aliphatic carbocycles. The molecule has 1 amide bonds. The number of nitrogens with zero attached hydrogens (tertiary/aromatic N) is 3. The first-order valence-corrected chi connectivity index (χ1v) is 10.1. The van der Waals surface area contributed by atoms with Crippen molar-refractivity contribution in [3.8, 4) is 5.69 Å². The number of carbonyl (C=O) groups is 1. The molecule has 0 bridgehead atoms. The first kappa shape index (κ1) is 20.7. The number of fused-ring (bicyclic) bond motifs is 1. The molecule has 0 saturated carbocycles. The molecule has 2 aromatic carbocycles. The lowest BCUT2D eigenvalue weighted by molar-refractivity contribution is -0.133. The average Bonchev–Trinajstić information content (AvgIpc) is 2.73. The summed E-state index contributed by atoms with van der Waals surface area (Å²) in [6, 6.07) is 12.6. The maximum atomic E-state index is 13.5. The summed E-state index contributed by atoms with van der Waals surface area (Å²) in [6.45, 7) is 6.39. The van der Waals surface area contributed by atoms with Gasteiger partial charge in [0.25, 0.3) is 5.56 Å². The third-order valence-electron chi connectivity index (χ3n) is 5.07. The summed E-state index contributed by atoms with van der Waals surface area (Å²) in [5.74, 6) is 0.154. The number of amides is 1. The molecule has 0 saturated heterocycles. The maximum absolute atomic E-state index is 13.5. The van der Waals surface area contributed by atoms with Crippen LogP contribution in [0.5, 0.6) is 0 Å². The van der Waals surface area contributed by atoms with Crippen molar-refractivity contribution in [1.29, 1.82) is 0 Å². The van der Waals surface area contributed by atoms with Gasteiger partial charge in [-0.25, -0.2) is 9.37 Å². The summed E-state index contributed by atoms with van der Waals surface area (Å²) in [6.07, 6.45) is 1.80. The van der Waals surface area contributed by atoms with Crippen LogP contribution in [0.4, 0.5) is 4.39 Å². The predicted molar refractivity (Wildman–Crippen MR) is 113 cm³/mol. The zero-order chi connectivity index (χ0) is 21.0. The highest BCUT2D eigenvalue weighted by atomic mass is 19.1. The van der Waals surface area contributed by atoms with Gasteiger partial charge >= 0.3 is 0 Å². The molecule has 1 atom stereocenters. The minimum absolute atomic E-state index is 0.0370. The number of hydrogen-bond acceptors (Lipinski definition) is 3. The van der Waals surface area contributed by atoms with Gasteiger partial charge in [-0.05, 0) is 56.2 Å². The van der Waals surface area contributed by atoms with Crippen molar-refractivity contribution in [1.82, 2.24) is 14.5 Å². The van der Waals surface area contributed by atoms with Gasteiger partial charge in [-0.2, -0.15) is 0 Å². The van der Waals surface area contributed by atoms with E-state index in [1.54, 1.807) is 35.2 Å². The van der Waals surface area contributed by atoms with E-state index in [4.69, 9.17) is 4.98 Å². The highest BCUT2D eigenvalue weighted by molar-refractivity contribution is 5.79. The van der Waals surface area contributed by atoms with E-state index in [0.29, 0.717) is 41.8 Å². The molecule has 0 fully saturated rings. The first-order valence-electron chi connectivity index (χ1n) is 10.1. The lowest BCUT2D eigenvalue weighted by Gasteiger charge is -2.31. The molecule has 1 aromatic heterocycles. The van der Waals surface area contributed by atoms with Gasteiger partial charge in [0.1, 0.15) is 11.6 Å². The predicted octanol–water partition coefficient (Wildman–Crippen LogP) is 4.62. The Morgan fingerprint density at radius 3 is 2.41 bits per heavy atom. The Kier molecular flexibility index (Phi) is 6.42. The Bertz CT molecular complexity index is 1060. The zero-order valence-corrected chi connectivity index (χ0v) is 17.1. The Balaban J connectivity index is 2.29. The van der Waals surface area contributed by atoms with Gasteiger partial charge in [0.15, 0.2) is 0 Å². The second kappa shape index (κ2) is 8.99. The summed E-state index contributed by atoms with van der Waals surface area (Å²) in [4.78, 5) is 32.7. The Hall–Kier alpha value is -3.02. The molecule has 3 aromatic rings. The van der Waals surface area contributed by atoms with Gasteiger partial charge in [-0.15, -0.1) is 0 Å². The number of benzene rings is 2. The molecular formula is C23H26FN3O2. The van der Waals surface area contributed by atoms with Gasteiger partial charge in [-0.1, -0.05) is 26.0 Å². The van der Waals surface area contributed by atoms with E-state index < -0.39 is 0 Å². The summed E-state index contributed by atoms with van der Waals surface area (Å²) < 4.78 is 15.0. The summed E-state index contributed by atoms with van der Waals surface area (Å²) >= 11 is 0. The van der Waals surface area contributed by atoms with E-state index in [1.807, 2.05) is 26.8 Å². The monoisotopic (exact) mass is 395 g/mol. The van der Waals surface area contributed by atoms with Gasteiger partial charge in [0.2, 0.25) is 5.91 Å². The highest BCUT2D eigenvalue weighted by Crippen LogP contribution is 2.26. The first-order chi connectivity index (χ1) is 14.0. The van der Waals surface area contributed by atoms with Crippen LogP contribution in [0.2, 0.25) is 0 Å². The molecular weight excluding hydrogens is 369 g/mol. The lowest BCUT2D eigenvalue weighted by Crippen LogP contribution is -2.38. The fourth-order valence-corrected chi connectivity index (χ4v) is 3.68. The topological polar surface area (TPSA) is 55.2 Å². The molecule has 0 N–H and O–H groups in total. The largest absolute Gasteiger partial charge is 0.333 e. The molecule has 0 radical (unpaired) electrons. The minimum atomic E-state index is -0.377. The van der Waals surface area contributed by atoms with E-state index in [2.05, 4.69) is 0 Å². The van der Waals surface area contributed by atoms with Crippen molar-refractivity contribution in [2.24, 2.45) is 0 Å². The number of halogens is 1. The van der Waals surface area contributed by atoms with Crippen molar-refractivity contribution in [3.05, 3.63) is 70.5 Å². The van der Waals surface area contributed by atoms with Gasteiger partial charge in [0, 0.05) is 13.0 Å². The number of hydrogen-bond donors (Lipinski definition) is 0. The molecule has 6 heteroatoms. The van der Waals surface area contributed by atoms with Crippen molar-refractivity contribution >= 4 is 16.8 Å². The number of carbonyl (C=O) groups excluding carboxylic acids is 1. The number of para-hydroxylation sites is 1. The summed E-state index contributed by atoms with van der Waals surface area (Å²) in [5.41, 5.74) is 0.889. The third-order valence-corrected chi connectivity index (χ3v) is 5.07. The second-order valence-electron chi connectivity index (χ2n) is 6.96. The number of rotatable bonds is 7. The maximum Gasteiger partial charge on any atom is 0.266 e. The molecule has 1 unspecified atom stereocenters. The third kappa shape index (κ3) is 4.06. The molecule has 0 spiro atoms. The van der Waals surface area contributed by atoms with Crippen LogP contribution in [0, 0.1) is 5.82 Å². The van der Waals surface area contributed by atoms with E-state index in [0.717, 1.165) is 6.42 Å². The lowest BCUT2D eigenvalue weighted by atomic mass is 10.1. The second-order valence-corrected chi connectivity index (χ2v) is 6.96. The average molecular weight is 395 g/mol. The van der Waals surface area contributed by atoms with Crippen LogP contribution in [-0.4, -0.2) is 26.9 Å². The van der Waals surface area contributed by atoms with Crippen LogP contribution in [0.1, 0.15) is 51.9 Å².